The number of piperidine rings is 2. The third-order valence-corrected chi connectivity index (χ3v) is 5.56. The van der Waals surface area contributed by atoms with Crippen LogP contribution in [0.3, 0.4) is 0 Å². The molecule has 126 valence electrons. The number of pyridine rings is 1. The molecule has 0 bridgehead atoms. The SMILES string of the molecule is Cc1ccn(CC[C@@H]2CCCN3CCCC[C@H]23)c(=O)c1C(=O)O. The zero-order chi connectivity index (χ0) is 16.4. The number of aromatic nitrogens is 1. The van der Waals surface area contributed by atoms with E-state index in [1.165, 1.54) is 45.2 Å². The second kappa shape index (κ2) is 6.87. The number of aryl methyl sites for hydroxylation is 2. The van der Waals surface area contributed by atoms with Gasteiger partial charge in [-0.25, -0.2) is 4.79 Å². The maximum atomic E-state index is 12.4. The topological polar surface area (TPSA) is 62.5 Å². The van der Waals surface area contributed by atoms with Crippen molar-refractivity contribution < 1.29 is 9.90 Å². The van der Waals surface area contributed by atoms with Crippen LogP contribution < -0.4 is 5.56 Å². The summed E-state index contributed by atoms with van der Waals surface area (Å²) in [6, 6.07) is 2.40. The van der Waals surface area contributed by atoms with Crippen molar-refractivity contribution in [3.8, 4) is 0 Å². The molecule has 2 aliphatic rings. The summed E-state index contributed by atoms with van der Waals surface area (Å²) >= 11 is 0. The maximum absolute atomic E-state index is 12.4. The molecule has 2 atom stereocenters. The summed E-state index contributed by atoms with van der Waals surface area (Å²) < 4.78 is 1.58. The Kier molecular flexibility index (Phi) is 4.85. The van der Waals surface area contributed by atoms with Crippen molar-refractivity contribution in [1.29, 1.82) is 0 Å². The molecular weight excluding hydrogens is 292 g/mol. The highest BCUT2D eigenvalue weighted by atomic mass is 16.4. The molecule has 1 N–H and O–H groups in total. The fourth-order valence-electron chi connectivity index (χ4n) is 4.32. The monoisotopic (exact) mass is 318 g/mol. The van der Waals surface area contributed by atoms with Crippen LogP contribution >= 0.6 is 0 Å². The summed E-state index contributed by atoms with van der Waals surface area (Å²) in [6.45, 7) is 4.73. The molecular formula is C18H26N2O3. The van der Waals surface area contributed by atoms with Crippen LogP contribution in [-0.4, -0.2) is 39.7 Å². The number of fused-ring (bicyclic) bond motifs is 1. The first-order valence-corrected chi connectivity index (χ1v) is 8.75. The Balaban J connectivity index is 1.72. The van der Waals surface area contributed by atoms with E-state index in [2.05, 4.69) is 4.90 Å². The third kappa shape index (κ3) is 3.34. The van der Waals surface area contributed by atoms with Crippen LogP contribution in [0, 0.1) is 12.8 Å². The van der Waals surface area contributed by atoms with Gasteiger partial charge in [0.2, 0.25) is 0 Å². The van der Waals surface area contributed by atoms with E-state index in [4.69, 9.17) is 0 Å². The van der Waals surface area contributed by atoms with Gasteiger partial charge in [-0.05, 0) is 69.7 Å². The minimum Gasteiger partial charge on any atom is -0.477 e. The average Bonchev–Trinajstić information content (AvgIpc) is 2.54. The molecule has 23 heavy (non-hydrogen) atoms. The molecule has 5 heteroatoms. The van der Waals surface area contributed by atoms with Crippen LogP contribution in [0.15, 0.2) is 17.1 Å². The minimum absolute atomic E-state index is 0.0876. The Bertz CT molecular complexity index is 636. The second-order valence-corrected chi connectivity index (χ2v) is 6.97. The first-order chi connectivity index (χ1) is 11.1. The number of carboxylic acids is 1. The molecule has 0 amide bonds. The molecule has 0 radical (unpaired) electrons. The van der Waals surface area contributed by atoms with Crippen molar-refractivity contribution in [1.82, 2.24) is 9.47 Å². The van der Waals surface area contributed by atoms with Gasteiger partial charge in [-0.2, -0.15) is 0 Å². The molecule has 2 fully saturated rings. The Morgan fingerprint density at radius 1 is 1.26 bits per heavy atom. The van der Waals surface area contributed by atoms with Crippen LogP contribution in [-0.2, 0) is 6.54 Å². The Morgan fingerprint density at radius 3 is 2.83 bits per heavy atom. The number of nitrogens with zero attached hydrogens (tertiary/aromatic N) is 2. The van der Waals surface area contributed by atoms with Gasteiger partial charge in [0.15, 0.2) is 0 Å². The van der Waals surface area contributed by atoms with Gasteiger partial charge < -0.3 is 14.6 Å². The number of aromatic carboxylic acids is 1. The van der Waals surface area contributed by atoms with Crippen LogP contribution in [0.2, 0.25) is 0 Å². The van der Waals surface area contributed by atoms with Gasteiger partial charge in [0.05, 0.1) is 0 Å². The fourth-order valence-corrected chi connectivity index (χ4v) is 4.32. The first-order valence-electron chi connectivity index (χ1n) is 8.75. The van der Waals surface area contributed by atoms with Crippen LogP contribution in [0.5, 0.6) is 0 Å². The van der Waals surface area contributed by atoms with Crippen molar-refractivity contribution in [2.45, 2.75) is 58.0 Å². The summed E-state index contributed by atoms with van der Waals surface area (Å²) in [4.78, 5) is 26.3. The first kappa shape index (κ1) is 16.2. The van der Waals surface area contributed by atoms with Crippen molar-refractivity contribution in [3.63, 3.8) is 0 Å². The van der Waals surface area contributed by atoms with Crippen LogP contribution in [0.1, 0.15) is 54.4 Å². The Morgan fingerprint density at radius 2 is 2.04 bits per heavy atom. The van der Waals surface area contributed by atoms with Gasteiger partial charge in [-0.3, -0.25) is 4.79 Å². The average molecular weight is 318 g/mol. The Hall–Kier alpha value is -1.62. The minimum atomic E-state index is -1.13. The molecule has 0 saturated carbocycles. The van der Waals surface area contributed by atoms with Crippen LogP contribution in [0.4, 0.5) is 0 Å². The number of carbonyl (C=O) groups is 1. The predicted molar refractivity (Wildman–Crippen MR) is 89.0 cm³/mol. The quantitative estimate of drug-likeness (QED) is 0.926. The van der Waals surface area contributed by atoms with Crippen molar-refractivity contribution >= 4 is 5.97 Å². The van der Waals surface area contributed by atoms with Gasteiger partial charge in [0.25, 0.3) is 5.56 Å². The zero-order valence-corrected chi connectivity index (χ0v) is 13.8. The largest absolute Gasteiger partial charge is 0.477 e. The summed E-state index contributed by atoms with van der Waals surface area (Å²) in [6.07, 6.45) is 9.06. The van der Waals surface area contributed by atoms with Gasteiger partial charge in [0.1, 0.15) is 5.56 Å². The number of rotatable bonds is 4. The van der Waals surface area contributed by atoms with E-state index in [0.717, 1.165) is 6.42 Å². The van der Waals surface area contributed by atoms with E-state index < -0.39 is 5.97 Å². The van der Waals surface area contributed by atoms with Gasteiger partial charge >= 0.3 is 5.97 Å². The van der Waals surface area contributed by atoms with Crippen LogP contribution in [0.25, 0.3) is 0 Å². The van der Waals surface area contributed by atoms with Crippen molar-refractivity contribution in [2.75, 3.05) is 13.1 Å². The predicted octanol–water partition coefficient (Wildman–Crippen LogP) is 2.51. The van der Waals surface area contributed by atoms with Gasteiger partial charge in [-0.15, -0.1) is 0 Å². The lowest BCUT2D eigenvalue weighted by molar-refractivity contribution is 0.0537. The summed E-state index contributed by atoms with van der Waals surface area (Å²) in [7, 11) is 0. The van der Waals surface area contributed by atoms with E-state index in [1.807, 2.05) is 0 Å². The van der Waals surface area contributed by atoms with Gasteiger partial charge in [-0.1, -0.05) is 6.42 Å². The number of hydrogen-bond acceptors (Lipinski definition) is 3. The van der Waals surface area contributed by atoms with Crippen molar-refractivity contribution in [2.24, 2.45) is 5.92 Å². The molecule has 1 aromatic heterocycles. The number of hydrogen-bond donors (Lipinski definition) is 1. The smallest absolute Gasteiger partial charge is 0.341 e. The molecule has 3 heterocycles. The highest BCUT2D eigenvalue weighted by Crippen LogP contribution is 2.32. The lowest BCUT2D eigenvalue weighted by Crippen LogP contribution is -2.48. The number of carboxylic acid groups (broad SMARTS) is 1. The maximum Gasteiger partial charge on any atom is 0.341 e. The molecule has 0 spiro atoms. The standard InChI is InChI=1S/C18H26N2O3/c1-13-7-11-20(17(21)16(13)18(22)23)12-8-14-5-4-10-19-9-3-2-6-15(14)19/h7,11,14-15H,2-6,8-10,12H2,1H3,(H,22,23)/t14-,15+/m0/s1. The molecule has 0 unspecified atom stereocenters. The normalized spacial score (nSPS) is 25.1. The molecule has 5 nitrogen and oxygen atoms in total. The molecule has 0 aliphatic carbocycles. The highest BCUT2D eigenvalue weighted by Gasteiger charge is 2.32. The fraction of sp³-hybridized carbons (Fsp3) is 0.667. The lowest BCUT2D eigenvalue weighted by atomic mass is 9.81. The van der Waals surface area contributed by atoms with E-state index in [9.17, 15) is 14.7 Å². The third-order valence-electron chi connectivity index (χ3n) is 5.56. The molecule has 0 aromatic carbocycles. The molecule has 1 aromatic rings. The summed E-state index contributed by atoms with van der Waals surface area (Å²) in [5.74, 6) is -0.497. The lowest BCUT2D eigenvalue weighted by Gasteiger charge is -2.44. The Labute approximate surface area is 136 Å². The second-order valence-electron chi connectivity index (χ2n) is 6.97. The zero-order valence-electron chi connectivity index (χ0n) is 13.8. The molecule has 2 saturated heterocycles. The van der Waals surface area contributed by atoms with E-state index in [0.29, 0.717) is 24.1 Å². The summed E-state index contributed by atoms with van der Waals surface area (Å²) in [5.41, 5.74) is 0.0825. The summed E-state index contributed by atoms with van der Waals surface area (Å²) in [5, 5.41) is 9.22. The highest BCUT2D eigenvalue weighted by molar-refractivity contribution is 5.88. The van der Waals surface area contributed by atoms with Crippen molar-refractivity contribution in [3.05, 3.63) is 33.7 Å². The van der Waals surface area contributed by atoms with E-state index >= 15 is 0 Å². The molecule has 3 rings (SSSR count). The van der Waals surface area contributed by atoms with E-state index in [-0.39, 0.29) is 11.1 Å². The van der Waals surface area contributed by atoms with Gasteiger partial charge in [0, 0.05) is 18.8 Å². The molecule has 2 aliphatic heterocycles. The van der Waals surface area contributed by atoms with E-state index in [1.54, 1.807) is 23.8 Å².